The van der Waals surface area contributed by atoms with Gasteiger partial charge in [0.1, 0.15) is 11.5 Å². The van der Waals surface area contributed by atoms with Crippen molar-refractivity contribution < 1.29 is 22.7 Å². The molecule has 0 unspecified atom stereocenters. The summed E-state index contributed by atoms with van der Waals surface area (Å²) in [6, 6.07) is 13.6. The minimum atomic E-state index is -3.53. The zero-order chi connectivity index (χ0) is 18.7. The van der Waals surface area contributed by atoms with Crippen LogP contribution < -0.4 is 19.1 Å². The first-order valence-corrected chi connectivity index (χ1v) is 9.76. The molecule has 1 aliphatic heterocycles. The van der Waals surface area contributed by atoms with Crippen molar-refractivity contribution in [1.29, 1.82) is 0 Å². The summed E-state index contributed by atoms with van der Waals surface area (Å²) >= 11 is 0. The quantitative estimate of drug-likeness (QED) is 0.865. The molecule has 0 aromatic heterocycles. The Morgan fingerprint density at radius 3 is 2.58 bits per heavy atom. The first-order chi connectivity index (χ1) is 12.4. The van der Waals surface area contributed by atoms with Crippen molar-refractivity contribution >= 4 is 27.3 Å². The minimum absolute atomic E-state index is 0.0614. The van der Waals surface area contributed by atoms with Gasteiger partial charge in [-0.2, -0.15) is 0 Å². The molecule has 26 heavy (non-hydrogen) atoms. The SMILES string of the molecule is CCS(=O)(=O)N1C[C@@H](C(=O)Nc2ccc(OC)cc2)Oc2ccccc21. The van der Waals surface area contributed by atoms with Crippen LogP contribution in [0.2, 0.25) is 0 Å². The number of hydrogen-bond donors (Lipinski definition) is 1. The van der Waals surface area contributed by atoms with E-state index >= 15 is 0 Å². The number of nitrogens with one attached hydrogen (secondary N) is 1. The van der Waals surface area contributed by atoms with Gasteiger partial charge in [0.2, 0.25) is 10.0 Å². The molecule has 2 aromatic carbocycles. The van der Waals surface area contributed by atoms with Gasteiger partial charge in [-0.15, -0.1) is 0 Å². The molecule has 0 saturated heterocycles. The van der Waals surface area contributed by atoms with E-state index in [4.69, 9.17) is 9.47 Å². The van der Waals surface area contributed by atoms with E-state index in [0.717, 1.165) is 0 Å². The van der Waals surface area contributed by atoms with Crippen LogP contribution >= 0.6 is 0 Å². The number of methoxy groups -OCH3 is 1. The van der Waals surface area contributed by atoms with Crippen LogP contribution in [-0.2, 0) is 14.8 Å². The zero-order valence-electron chi connectivity index (χ0n) is 14.5. The highest BCUT2D eigenvalue weighted by Gasteiger charge is 2.35. The lowest BCUT2D eigenvalue weighted by molar-refractivity contribution is -0.122. The highest BCUT2D eigenvalue weighted by molar-refractivity contribution is 7.92. The fourth-order valence-corrected chi connectivity index (χ4v) is 3.78. The van der Waals surface area contributed by atoms with Gasteiger partial charge in [-0.05, 0) is 43.3 Å². The number of carbonyl (C=O) groups is 1. The maximum absolute atomic E-state index is 12.6. The summed E-state index contributed by atoms with van der Waals surface area (Å²) in [5, 5.41) is 2.74. The Kier molecular flexibility index (Phi) is 5.03. The van der Waals surface area contributed by atoms with Gasteiger partial charge in [0.15, 0.2) is 6.10 Å². The summed E-state index contributed by atoms with van der Waals surface area (Å²) in [6.45, 7) is 1.50. The van der Waals surface area contributed by atoms with Crippen molar-refractivity contribution in [2.45, 2.75) is 13.0 Å². The molecule has 0 spiro atoms. The molecule has 1 N–H and O–H groups in total. The van der Waals surface area contributed by atoms with E-state index < -0.39 is 22.0 Å². The van der Waals surface area contributed by atoms with Gasteiger partial charge in [0.25, 0.3) is 5.91 Å². The molecule has 138 valence electrons. The van der Waals surface area contributed by atoms with Gasteiger partial charge >= 0.3 is 0 Å². The van der Waals surface area contributed by atoms with Crippen LogP contribution in [0.5, 0.6) is 11.5 Å². The van der Waals surface area contributed by atoms with Gasteiger partial charge in [-0.25, -0.2) is 8.42 Å². The fraction of sp³-hybridized carbons (Fsp3) is 0.278. The summed E-state index contributed by atoms with van der Waals surface area (Å²) in [4.78, 5) is 12.6. The van der Waals surface area contributed by atoms with E-state index in [0.29, 0.717) is 22.9 Å². The largest absolute Gasteiger partial charge is 0.497 e. The van der Waals surface area contributed by atoms with Crippen LogP contribution in [0.1, 0.15) is 6.92 Å². The molecular weight excluding hydrogens is 356 g/mol. The molecule has 0 bridgehead atoms. The highest BCUT2D eigenvalue weighted by Crippen LogP contribution is 2.35. The highest BCUT2D eigenvalue weighted by atomic mass is 32.2. The number of anilines is 2. The lowest BCUT2D eigenvalue weighted by atomic mass is 10.2. The lowest BCUT2D eigenvalue weighted by Crippen LogP contribution is -2.49. The molecule has 0 fully saturated rings. The molecule has 1 amide bonds. The van der Waals surface area contributed by atoms with Gasteiger partial charge in [-0.3, -0.25) is 9.10 Å². The van der Waals surface area contributed by atoms with Crippen molar-refractivity contribution in [2.24, 2.45) is 0 Å². The van der Waals surface area contributed by atoms with Crippen LogP contribution in [0.15, 0.2) is 48.5 Å². The van der Waals surface area contributed by atoms with Crippen LogP contribution in [0.25, 0.3) is 0 Å². The Bertz CT molecular complexity index is 896. The fourth-order valence-electron chi connectivity index (χ4n) is 2.66. The van der Waals surface area contributed by atoms with E-state index in [2.05, 4.69) is 5.32 Å². The maximum atomic E-state index is 12.6. The molecule has 0 radical (unpaired) electrons. The summed E-state index contributed by atoms with van der Waals surface area (Å²) < 4.78 is 36.9. The maximum Gasteiger partial charge on any atom is 0.267 e. The number of nitrogens with zero attached hydrogens (tertiary/aromatic N) is 1. The van der Waals surface area contributed by atoms with E-state index in [9.17, 15) is 13.2 Å². The van der Waals surface area contributed by atoms with Crippen molar-refractivity contribution in [3.63, 3.8) is 0 Å². The van der Waals surface area contributed by atoms with Crippen molar-refractivity contribution in [3.05, 3.63) is 48.5 Å². The van der Waals surface area contributed by atoms with E-state index in [1.165, 1.54) is 4.31 Å². The van der Waals surface area contributed by atoms with Crippen molar-refractivity contribution in [2.75, 3.05) is 29.0 Å². The predicted octanol–water partition coefficient (Wildman–Crippen LogP) is 2.25. The zero-order valence-corrected chi connectivity index (χ0v) is 15.3. The molecular formula is C18H20N2O5S. The molecule has 0 saturated carbocycles. The number of carbonyl (C=O) groups excluding carboxylic acids is 1. The van der Waals surface area contributed by atoms with Crippen molar-refractivity contribution in [1.82, 2.24) is 0 Å². The first kappa shape index (κ1) is 18.1. The van der Waals surface area contributed by atoms with E-state index in [-0.39, 0.29) is 12.3 Å². The number of ether oxygens (including phenoxy) is 2. The Labute approximate surface area is 152 Å². The molecule has 1 atom stereocenters. The smallest absolute Gasteiger partial charge is 0.267 e. The summed E-state index contributed by atoms with van der Waals surface area (Å²) in [5.41, 5.74) is 1.02. The molecule has 0 aliphatic carbocycles. The molecule has 2 aromatic rings. The summed E-state index contributed by atoms with van der Waals surface area (Å²) in [6.07, 6.45) is -0.951. The molecule has 3 rings (SSSR count). The van der Waals surface area contributed by atoms with Gasteiger partial charge in [0.05, 0.1) is 25.1 Å². The normalized spacial score (nSPS) is 16.4. The third kappa shape index (κ3) is 3.60. The average molecular weight is 376 g/mol. The second-order valence-corrected chi connectivity index (χ2v) is 7.91. The van der Waals surface area contributed by atoms with Gasteiger partial charge in [-0.1, -0.05) is 12.1 Å². The van der Waals surface area contributed by atoms with Crippen LogP contribution in [0, 0.1) is 0 Å². The summed E-state index contributed by atoms with van der Waals surface area (Å²) in [7, 11) is -1.97. The average Bonchev–Trinajstić information content (AvgIpc) is 2.67. The Morgan fingerprint density at radius 2 is 1.92 bits per heavy atom. The summed E-state index contributed by atoms with van der Waals surface area (Å²) in [5.74, 6) is 0.562. The monoisotopic (exact) mass is 376 g/mol. The molecule has 8 heteroatoms. The number of sulfonamides is 1. The Hall–Kier alpha value is -2.74. The number of amides is 1. The lowest BCUT2D eigenvalue weighted by Gasteiger charge is -2.34. The van der Waals surface area contributed by atoms with Crippen LogP contribution in [0.4, 0.5) is 11.4 Å². The number of hydrogen-bond acceptors (Lipinski definition) is 5. The minimum Gasteiger partial charge on any atom is -0.497 e. The molecule has 1 heterocycles. The van der Waals surface area contributed by atoms with E-state index in [1.54, 1.807) is 62.6 Å². The van der Waals surface area contributed by atoms with Crippen molar-refractivity contribution in [3.8, 4) is 11.5 Å². The standard InChI is InChI=1S/C18H20N2O5S/c1-3-26(22,23)20-12-17(25-16-7-5-4-6-15(16)20)18(21)19-13-8-10-14(24-2)11-9-13/h4-11,17H,3,12H2,1-2H3,(H,19,21)/t17-/m0/s1. The van der Waals surface area contributed by atoms with Gasteiger partial charge in [0, 0.05) is 5.69 Å². The Morgan fingerprint density at radius 1 is 1.23 bits per heavy atom. The second kappa shape index (κ2) is 7.25. The molecule has 7 nitrogen and oxygen atoms in total. The van der Waals surface area contributed by atoms with Gasteiger partial charge < -0.3 is 14.8 Å². The number of rotatable bonds is 5. The number of benzene rings is 2. The number of fused-ring (bicyclic) bond motifs is 1. The first-order valence-electron chi connectivity index (χ1n) is 8.15. The third-order valence-corrected chi connectivity index (χ3v) is 5.83. The van der Waals surface area contributed by atoms with Crippen LogP contribution in [-0.4, -0.2) is 39.8 Å². The topological polar surface area (TPSA) is 84.9 Å². The second-order valence-electron chi connectivity index (χ2n) is 5.72. The predicted molar refractivity (Wildman–Crippen MR) is 99.3 cm³/mol. The van der Waals surface area contributed by atoms with Crippen LogP contribution in [0.3, 0.4) is 0 Å². The Balaban J connectivity index is 1.83. The van der Waals surface area contributed by atoms with E-state index in [1.807, 2.05) is 0 Å². The third-order valence-electron chi connectivity index (χ3n) is 4.09. The number of para-hydroxylation sites is 2. The molecule has 1 aliphatic rings.